The van der Waals surface area contributed by atoms with E-state index in [1.54, 1.807) is 6.07 Å². The molecule has 128 valence electrons. The number of piperazine rings is 1. The molecule has 1 aliphatic rings. The maximum atomic E-state index is 14.3. The number of hydrogen-bond donors (Lipinski definition) is 2. The third-order valence-electron chi connectivity index (χ3n) is 4.41. The van der Waals surface area contributed by atoms with Crippen molar-refractivity contribution in [2.75, 3.05) is 38.7 Å². The molecule has 2 aromatic carbocycles. The van der Waals surface area contributed by atoms with Gasteiger partial charge in [0.25, 0.3) is 0 Å². The van der Waals surface area contributed by atoms with E-state index in [1.807, 2.05) is 42.5 Å². The Balaban J connectivity index is 1.50. The van der Waals surface area contributed by atoms with Gasteiger partial charge in [0.2, 0.25) is 0 Å². The summed E-state index contributed by atoms with van der Waals surface area (Å²) in [6.45, 7) is 5.36. The van der Waals surface area contributed by atoms with Crippen molar-refractivity contribution >= 4 is 5.69 Å². The third-order valence-corrected chi connectivity index (χ3v) is 4.41. The molecule has 0 spiro atoms. The average molecular weight is 328 g/mol. The van der Waals surface area contributed by atoms with Crippen LogP contribution in [0.15, 0.2) is 48.5 Å². The largest absolute Gasteiger partial charge is 0.321 e. The predicted molar refractivity (Wildman–Crippen MR) is 96.1 cm³/mol. The smallest absolute Gasteiger partial charge is 0.128 e. The van der Waals surface area contributed by atoms with Crippen molar-refractivity contribution in [1.29, 1.82) is 0 Å². The summed E-state index contributed by atoms with van der Waals surface area (Å²) in [4.78, 5) is 4.62. The zero-order chi connectivity index (χ0) is 16.8. The summed E-state index contributed by atoms with van der Waals surface area (Å²) in [5.74, 6) is -0.118. The fourth-order valence-corrected chi connectivity index (χ4v) is 2.85. The topological polar surface area (TPSA) is 30.5 Å². The number of hydrazine groups is 1. The van der Waals surface area contributed by atoms with Crippen LogP contribution in [-0.2, 0) is 13.1 Å². The molecule has 4 nitrogen and oxygen atoms in total. The number of nitrogens with one attached hydrogen (secondary N) is 2. The lowest BCUT2D eigenvalue weighted by molar-refractivity contribution is 0.147. The van der Waals surface area contributed by atoms with Crippen LogP contribution in [0.3, 0.4) is 0 Å². The van der Waals surface area contributed by atoms with Crippen molar-refractivity contribution in [3.63, 3.8) is 0 Å². The van der Waals surface area contributed by atoms with Gasteiger partial charge in [0.1, 0.15) is 5.82 Å². The highest BCUT2D eigenvalue weighted by Gasteiger charge is 2.15. The minimum absolute atomic E-state index is 0.118. The van der Waals surface area contributed by atoms with E-state index < -0.39 is 0 Å². The van der Waals surface area contributed by atoms with Crippen LogP contribution in [0.4, 0.5) is 10.1 Å². The van der Waals surface area contributed by atoms with Crippen LogP contribution in [0.5, 0.6) is 0 Å². The van der Waals surface area contributed by atoms with Gasteiger partial charge in [-0.1, -0.05) is 30.3 Å². The van der Waals surface area contributed by atoms with Crippen LogP contribution in [0.2, 0.25) is 0 Å². The molecular weight excluding hydrogens is 303 g/mol. The van der Waals surface area contributed by atoms with Gasteiger partial charge < -0.3 is 10.3 Å². The van der Waals surface area contributed by atoms with E-state index in [1.165, 1.54) is 0 Å². The highest BCUT2D eigenvalue weighted by molar-refractivity contribution is 5.41. The number of likely N-dealkylation sites (N-methyl/N-ethyl adjacent to an activating group) is 1. The average Bonchev–Trinajstić information content (AvgIpc) is 2.60. The van der Waals surface area contributed by atoms with Crippen molar-refractivity contribution in [1.82, 2.24) is 15.2 Å². The lowest BCUT2D eigenvalue weighted by atomic mass is 10.1. The van der Waals surface area contributed by atoms with Gasteiger partial charge in [-0.25, -0.2) is 9.82 Å². The summed E-state index contributed by atoms with van der Waals surface area (Å²) >= 11 is 0. The van der Waals surface area contributed by atoms with Crippen LogP contribution < -0.4 is 10.9 Å². The van der Waals surface area contributed by atoms with Crippen molar-refractivity contribution in [3.8, 4) is 0 Å². The second-order valence-electron chi connectivity index (χ2n) is 6.35. The molecule has 1 aliphatic heterocycles. The normalized spacial score (nSPS) is 16.2. The van der Waals surface area contributed by atoms with E-state index in [4.69, 9.17) is 0 Å². The molecule has 0 unspecified atom stereocenters. The fraction of sp³-hybridized carbons (Fsp3) is 0.368. The molecule has 0 aliphatic carbocycles. The molecule has 24 heavy (non-hydrogen) atoms. The van der Waals surface area contributed by atoms with Gasteiger partial charge in [-0.2, -0.15) is 0 Å². The Kier molecular flexibility index (Phi) is 5.80. The fourth-order valence-electron chi connectivity index (χ4n) is 2.85. The second kappa shape index (κ2) is 8.24. The maximum absolute atomic E-state index is 14.3. The van der Waals surface area contributed by atoms with Crippen LogP contribution in [0, 0.1) is 5.82 Å². The number of halogens is 1. The molecule has 0 radical (unpaired) electrons. The standard InChI is InChI=1S/C19H25FN4/c1-23-9-11-24(12-10-23)15-17-8-7-16(13-19(17)20)14-21-22-18-5-3-2-4-6-18/h2-8,13,21-22H,9-12,14-15H2,1H3. The molecule has 3 rings (SSSR count). The zero-order valence-electron chi connectivity index (χ0n) is 14.1. The van der Waals surface area contributed by atoms with Gasteiger partial charge in [0.05, 0.1) is 0 Å². The first-order valence-corrected chi connectivity index (χ1v) is 8.43. The van der Waals surface area contributed by atoms with Gasteiger partial charge in [-0.3, -0.25) is 4.90 Å². The molecule has 2 N–H and O–H groups in total. The molecule has 0 amide bonds. The molecule has 1 fully saturated rings. The highest BCUT2D eigenvalue weighted by atomic mass is 19.1. The van der Waals surface area contributed by atoms with E-state index in [-0.39, 0.29) is 5.82 Å². The summed E-state index contributed by atoms with van der Waals surface area (Å²) in [5, 5.41) is 0. The van der Waals surface area contributed by atoms with E-state index >= 15 is 0 Å². The predicted octanol–water partition coefficient (Wildman–Crippen LogP) is 2.69. The Morgan fingerprint density at radius 2 is 1.75 bits per heavy atom. The minimum atomic E-state index is -0.118. The lowest BCUT2D eigenvalue weighted by Gasteiger charge is -2.32. The van der Waals surface area contributed by atoms with Gasteiger partial charge in [-0.05, 0) is 30.8 Å². The molecule has 0 bridgehead atoms. The van der Waals surface area contributed by atoms with E-state index in [0.29, 0.717) is 13.1 Å². The van der Waals surface area contributed by atoms with Crippen LogP contribution in [0.25, 0.3) is 0 Å². The summed E-state index contributed by atoms with van der Waals surface area (Å²) in [7, 11) is 2.13. The maximum Gasteiger partial charge on any atom is 0.128 e. The summed E-state index contributed by atoms with van der Waals surface area (Å²) in [5.41, 5.74) is 8.93. The molecule has 2 aromatic rings. The van der Waals surface area contributed by atoms with Crippen molar-refractivity contribution < 1.29 is 4.39 Å². The van der Waals surface area contributed by atoms with Crippen molar-refractivity contribution in [2.24, 2.45) is 0 Å². The molecule has 5 heteroatoms. The molecular formula is C19H25FN4. The Hall–Kier alpha value is -1.95. The SMILES string of the molecule is CN1CCN(Cc2ccc(CNNc3ccccc3)cc2F)CC1. The van der Waals surface area contributed by atoms with Crippen LogP contribution in [-0.4, -0.2) is 43.0 Å². The minimum Gasteiger partial charge on any atom is -0.321 e. The zero-order valence-corrected chi connectivity index (χ0v) is 14.1. The number of nitrogens with zero attached hydrogens (tertiary/aromatic N) is 2. The monoisotopic (exact) mass is 328 g/mol. The Labute approximate surface area is 143 Å². The van der Waals surface area contributed by atoms with E-state index in [9.17, 15) is 4.39 Å². The first-order chi connectivity index (χ1) is 11.7. The molecule has 0 atom stereocenters. The third kappa shape index (κ3) is 4.77. The van der Waals surface area contributed by atoms with E-state index in [0.717, 1.165) is 43.0 Å². The number of anilines is 1. The van der Waals surface area contributed by atoms with Gasteiger partial charge in [0.15, 0.2) is 0 Å². The Morgan fingerprint density at radius 1 is 1.00 bits per heavy atom. The highest BCUT2D eigenvalue weighted by Crippen LogP contribution is 2.14. The summed E-state index contributed by atoms with van der Waals surface area (Å²) in [6, 6.07) is 15.4. The quantitative estimate of drug-likeness (QED) is 0.798. The second-order valence-corrected chi connectivity index (χ2v) is 6.35. The summed E-state index contributed by atoms with van der Waals surface area (Å²) < 4.78 is 14.3. The van der Waals surface area contributed by atoms with Crippen molar-refractivity contribution in [2.45, 2.75) is 13.1 Å². The first kappa shape index (κ1) is 16.9. The summed E-state index contributed by atoms with van der Waals surface area (Å²) in [6.07, 6.45) is 0. The van der Waals surface area contributed by atoms with Gasteiger partial charge in [-0.15, -0.1) is 0 Å². The molecule has 0 aromatic heterocycles. The Bertz CT molecular complexity index is 639. The number of hydrogen-bond acceptors (Lipinski definition) is 4. The van der Waals surface area contributed by atoms with Crippen molar-refractivity contribution in [3.05, 3.63) is 65.5 Å². The number of rotatable bonds is 6. The Morgan fingerprint density at radius 3 is 2.46 bits per heavy atom. The lowest BCUT2D eigenvalue weighted by Crippen LogP contribution is -2.44. The molecule has 1 heterocycles. The molecule has 0 saturated carbocycles. The van der Waals surface area contributed by atoms with Crippen LogP contribution in [0.1, 0.15) is 11.1 Å². The van der Waals surface area contributed by atoms with Gasteiger partial charge >= 0.3 is 0 Å². The van der Waals surface area contributed by atoms with Gasteiger partial charge in [0, 0.05) is 50.5 Å². The first-order valence-electron chi connectivity index (χ1n) is 8.43. The van der Waals surface area contributed by atoms with Crippen LogP contribution >= 0.6 is 0 Å². The number of para-hydroxylation sites is 1. The molecule has 1 saturated heterocycles. The number of benzene rings is 2. The van der Waals surface area contributed by atoms with E-state index in [2.05, 4.69) is 27.7 Å².